The number of hydrogen-bond donors (Lipinski definition) is 1. The van der Waals surface area contributed by atoms with Crippen LogP contribution in [0.15, 0.2) is 0 Å². The lowest BCUT2D eigenvalue weighted by Gasteiger charge is -2.23. The van der Waals surface area contributed by atoms with Crippen LogP contribution in [-0.4, -0.2) is 29.3 Å². The summed E-state index contributed by atoms with van der Waals surface area (Å²) in [5.74, 6) is 2.02. The van der Waals surface area contributed by atoms with Crippen LogP contribution in [0.5, 0.6) is 0 Å². The molecule has 0 aromatic carbocycles. The van der Waals surface area contributed by atoms with Gasteiger partial charge in [0.25, 0.3) is 0 Å². The molecule has 112 valence electrons. The predicted octanol–water partition coefficient (Wildman–Crippen LogP) is 2.61. The summed E-state index contributed by atoms with van der Waals surface area (Å²) in [6, 6.07) is 0. The lowest BCUT2D eigenvalue weighted by atomic mass is 9.88. The molecule has 0 radical (unpaired) electrons. The van der Waals surface area contributed by atoms with Crippen LogP contribution in [0.25, 0.3) is 0 Å². The zero-order valence-electron chi connectivity index (χ0n) is 12.7. The van der Waals surface area contributed by atoms with E-state index in [0.29, 0.717) is 5.92 Å². The van der Waals surface area contributed by atoms with Crippen LogP contribution in [0.2, 0.25) is 0 Å². The third-order valence-electron chi connectivity index (χ3n) is 4.65. The first-order chi connectivity index (χ1) is 9.90. The third-order valence-corrected chi connectivity index (χ3v) is 4.65. The van der Waals surface area contributed by atoms with Crippen LogP contribution < -0.4 is 5.32 Å². The van der Waals surface area contributed by atoms with E-state index in [2.05, 4.69) is 16.8 Å². The van der Waals surface area contributed by atoms with Crippen molar-refractivity contribution in [2.24, 2.45) is 0 Å². The summed E-state index contributed by atoms with van der Waals surface area (Å²) in [5, 5.41) is 3.44. The first kappa shape index (κ1) is 14.1. The van der Waals surface area contributed by atoms with Crippen LogP contribution in [0, 0.1) is 0 Å². The minimum Gasteiger partial charge on any atom is -0.380 e. The normalized spacial score (nSPS) is 20.1. The van der Waals surface area contributed by atoms with E-state index in [9.17, 15) is 0 Å². The van der Waals surface area contributed by atoms with Gasteiger partial charge in [0.05, 0.1) is 12.3 Å². The Balaban J connectivity index is 1.84. The van der Waals surface area contributed by atoms with Gasteiger partial charge in [0.15, 0.2) is 0 Å². The molecule has 0 unspecified atom stereocenters. The quantitative estimate of drug-likeness (QED) is 0.841. The lowest BCUT2D eigenvalue weighted by Crippen LogP contribution is -2.25. The van der Waals surface area contributed by atoms with Gasteiger partial charge in [-0.15, -0.1) is 0 Å². The van der Waals surface area contributed by atoms with E-state index in [1.807, 2.05) is 0 Å². The fourth-order valence-corrected chi connectivity index (χ4v) is 3.61. The molecule has 1 saturated carbocycles. The number of nitrogens with one attached hydrogen (secondary N) is 1. The van der Waals surface area contributed by atoms with Crippen molar-refractivity contribution in [2.45, 2.75) is 64.5 Å². The number of nitrogens with zero attached hydrogens (tertiary/aromatic N) is 2. The highest BCUT2D eigenvalue weighted by molar-refractivity contribution is 5.22. The largest absolute Gasteiger partial charge is 0.380 e. The van der Waals surface area contributed by atoms with Gasteiger partial charge in [0, 0.05) is 44.3 Å². The van der Waals surface area contributed by atoms with Gasteiger partial charge in [0.2, 0.25) is 0 Å². The molecule has 0 atom stereocenters. The van der Waals surface area contributed by atoms with E-state index < -0.39 is 0 Å². The average Bonchev–Trinajstić information content (AvgIpc) is 2.87. The zero-order valence-corrected chi connectivity index (χ0v) is 12.7. The summed E-state index contributed by atoms with van der Waals surface area (Å²) < 4.78 is 8.06. The Labute approximate surface area is 121 Å². The smallest absolute Gasteiger partial charge is 0.112 e. The molecular weight excluding hydrogens is 250 g/mol. The number of rotatable bonds is 5. The molecule has 0 saturated heterocycles. The molecule has 1 aromatic rings. The van der Waals surface area contributed by atoms with Gasteiger partial charge >= 0.3 is 0 Å². The minimum atomic E-state index is 0.677. The van der Waals surface area contributed by atoms with Crippen molar-refractivity contribution >= 4 is 0 Å². The summed E-state index contributed by atoms with van der Waals surface area (Å²) in [6.45, 7) is 6.68. The summed E-state index contributed by atoms with van der Waals surface area (Å²) in [4.78, 5) is 5.00. The van der Waals surface area contributed by atoms with E-state index >= 15 is 0 Å². The lowest BCUT2D eigenvalue weighted by molar-refractivity contribution is 0.137. The Morgan fingerprint density at radius 3 is 2.95 bits per heavy atom. The van der Waals surface area contributed by atoms with Gasteiger partial charge in [-0.25, -0.2) is 4.98 Å². The van der Waals surface area contributed by atoms with Gasteiger partial charge in [-0.2, -0.15) is 0 Å². The fourth-order valence-electron chi connectivity index (χ4n) is 3.61. The summed E-state index contributed by atoms with van der Waals surface area (Å²) in [7, 11) is 0. The van der Waals surface area contributed by atoms with Crippen molar-refractivity contribution in [2.75, 3.05) is 19.8 Å². The summed E-state index contributed by atoms with van der Waals surface area (Å²) in [6.07, 6.45) is 7.88. The maximum Gasteiger partial charge on any atom is 0.112 e. The molecule has 1 aromatic heterocycles. The Morgan fingerprint density at radius 2 is 2.15 bits per heavy atom. The highest BCUT2D eigenvalue weighted by Crippen LogP contribution is 2.33. The predicted molar refractivity (Wildman–Crippen MR) is 80.0 cm³/mol. The summed E-state index contributed by atoms with van der Waals surface area (Å²) in [5.41, 5.74) is 2.75. The van der Waals surface area contributed by atoms with Gasteiger partial charge in [0.1, 0.15) is 5.82 Å². The average molecular weight is 277 g/mol. The first-order valence-corrected chi connectivity index (χ1v) is 8.26. The van der Waals surface area contributed by atoms with Gasteiger partial charge in [-0.3, -0.25) is 0 Å². The van der Waals surface area contributed by atoms with Crippen LogP contribution >= 0.6 is 0 Å². The molecule has 4 heteroatoms. The zero-order chi connectivity index (χ0) is 13.8. The van der Waals surface area contributed by atoms with E-state index in [0.717, 1.165) is 39.3 Å². The molecule has 1 aliphatic heterocycles. The molecule has 0 spiro atoms. The van der Waals surface area contributed by atoms with Gasteiger partial charge in [-0.05, 0) is 19.8 Å². The van der Waals surface area contributed by atoms with Crippen molar-refractivity contribution in [3.05, 3.63) is 17.2 Å². The van der Waals surface area contributed by atoms with Crippen molar-refractivity contribution in [1.29, 1.82) is 0 Å². The van der Waals surface area contributed by atoms with Crippen molar-refractivity contribution in [3.63, 3.8) is 0 Å². The molecule has 3 rings (SSSR count). The molecular formula is C16H27N3O. The molecule has 4 nitrogen and oxygen atoms in total. The second-order valence-corrected chi connectivity index (χ2v) is 5.97. The summed E-state index contributed by atoms with van der Waals surface area (Å²) >= 11 is 0. The number of fused-ring (bicyclic) bond motifs is 1. The standard InChI is InChI=1S/C16H27N3O/c1-2-20-11-10-19-15-8-9-17-12-14(15)18-16(19)13-6-4-3-5-7-13/h13,17H,2-12H2,1H3. The van der Waals surface area contributed by atoms with Crippen LogP contribution in [0.4, 0.5) is 0 Å². The maximum atomic E-state index is 5.58. The molecule has 0 amide bonds. The number of hydrogen-bond acceptors (Lipinski definition) is 3. The number of imidazole rings is 1. The topological polar surface area (TPSA) is 39.1 Å². The van der Waals surface area contributed by atoms with E-state index in [1.165, 1.54) is 49.3 Å². The third kappa shape index (κ3) is 2.91. The molecule has 0 bridgehead atoms. The van der Waals surface area contributed by atoms with Crippen molar-refractivity contribution < 1.29 is 4.74 Å². The molecule has 1 N–H and O–H groups in total. The van der Waals surface area contributed by atoms with E-state index in [-0.39, 0.29) is 0 Å². The SMILES string of the molecule is CCOCCn1c(C2CCCCC2)nc2c1CCNC2. The maximum absolute atomic E-state index is 5.58. The van der Waals surface area contributed by atoms with Crippen LogP contribution in [0.1, 0.15) is 62.2 Å². The van der Waals surface area contributed by atoms with E-state index in [4.69, 9.17) is 9.72 Å². The fraction of sp³-hybridized carbons (Fsp3) is 0.812. The highest BCUT2D eigenvalue weighted by atomic mass is 16.5. The Morgan fingerprint density at radius 1 is 1.30 bits per heavy atom. The van der Waals surface area contributed by atoms with Crippen molar-refractivity contribution in [1.82, 2.24) is 14.9 Å². The van der Waals surface area contributed by atoms with E-state index in [1.54, 1.807) is 0 Å². The Kier molecular flexibility index (Phi) is 4.73. The van der Waals surface area contributed by atoms with Crippen LogP contribution in [-0.2, 0) is 24.2 Å². The number of aromatic nitrogens is 2. The monoisotopic (exact) mass is 277 g/mol. The molecule has 1 aliphatic carbocycles. The second-order valence-electron chi connectivity index (χ2n) is 5.97. The molecule has 1 fully saturated rings. The highest BCUT2D eigenvalue weighted by Gasteiger charge is 2.25. The minimum absolute atomic E-state index is 0.677. The Hall–Kier alpha value is -0.870. The van der Waals surface area contributed by atoms with Crippen LogP contribution in [0.3, 0.4) is 0 Å². The van der Waals surface area contributed by atoms with Crippen molar-refractivity contribution in [3.8, 4) is 0 Å². The Bertz CT molecular complexity index is 435. The van der Waals surface area contributed by atoms with Gasteiger partial charge in [-0.1, -0.05) is 19.3 Å². The second kappa shape index (κ2) is 6.72. The molecule has 20 heavy (non-hydrogen) atoms. The molecule has 2 aliphatic rings. The van der Waals surface area contributed by atoms with Gasteiger partial charge < -0.3 is 14.6 Å². The first-order valence-electron chi connectivity index (χ1n) is 8.26. The molecule has 2 heterocycles. The number of ether oxygens (including phenoxy) is 1.